The number of rotatable bonds is 5. The van der Waals surface area contributed by atoms with E-state index in [2.05, 4.69) is 25.8 Å². The molecular weight excluding hydrogens is 350 g/mol. The Morgan fingerprint density at radius 2 is 2.15 bits per heavy atom. The Kier molecular flexibility index (Phi) is 5.33. The zero-order valence-corrected chi connectivity index (χ0v) is 13.2. The summed E-state index contributed by atoms with van der Waals surface area (Å²) in [6.45, 7) is 4.14. The summed E-state index contributed by atoms with van der Waals surface area (Å²) in [5.74, 6) is 0.0314. The number of hydrogen-bond donors (Lipinski definition) is 1. The second kappa shape index (κ2) is 6.81. The number of primary sulfonamides is 1. The summed E-state index contributed by atoms with van der Waals surface area (Å²) in [6.07, 6.45) is 1.47. The molecule has 1 fully saturated rings. The van der Waals surface area contributed by atoms with Gasteiger partial charge in [0.15, 0.2) is 0 Å². The van der Waals surface area contributed by atoms with Gasteiger partial charge in [-0.25, -0.2) is 18.5 Å². The quantitative estimate of drug-likeness (QED) is 0.800. The van der Waals surface area contributed by atoms with E-state index in [1.54, 1.807) is 0 Å². The lowest BCUT2D eigenvalue weighted by Crippen LogP contribution is -2.38. The second-order valence-electron chi connectivity index (χ2n) is 4.30. The van der Waals surface area contributed by atoms with E-state index in [1.165, 1.54) is 12.3 Å². The third-order valence-electron chi connectivity index (χ3n) is 2.84. The van der Waals surface area contributed by atoms with Crippen LogP contribution in [0.5, 0.6) is 5.88 Å². The van der Waals surface area contributed by atoms with Gasteiger partial charge >= 0.3 is 0 Å². The monoisotopic (exact) mass is 365 g/mol. The SMILES string of the molecule is NS(=O)(=O)c1cc(Br)cnc1OCCN1CCOCC1. The van der Waals surface area contributed by atoms with Crippen molar-refractivity contribution in [2.24, 2.45) is 5.14 Å². The summed E-state index contributed by atoms with van der Waals surface area (Å²) in [5.41, 5.74) is 0. The minimum absolute atomic E-state index is 0.0314. The number of nitrogens with zero attached hydrogens (tertiary/aromatic N) is 2. The van der Waals surface area contributed by atoms with E-state index < -0.39 is 10.0 Å². The summed E-state index contributed by atoms with van der Waals surface area (Å²) in [6, 6.07) is 1.38. The van der Waals surface area contributed by atoms with Crippen LogP contribution in [0.2, 0.25) is 0 Å². The van der Waals surface area contributed by atoms with Crippen LogP contribution in [0, 0.1) is 0 Å². The molecule has 0 spiro atoms. The first-order chi connectivity index (χ1) is 9.47. The highest BCUT2D eigenvalue weighted by Gasteiger charge is 2.18. The first-order valence-electron chi connectivity index (χ1n) is 6.08. The van der Waals surface area contributed by atoms with Crippen molar-refractivity contribution in [3.63, 3.8) is 0 Å². The minimum Gasteiger partial charge on any atom is -0.475 e. The molecule has 2 heterocycles. The first-order valence-corrected chi connectivity index (χ1v) is 8.42. The van der Waals surface area contributed by atoms with E-state index in [1.807, 2.05) is 0 Å². The molecule has 1 aromatic heterocycles. The molecule has 1 aliphatic rings. The largest absolute Gasteiger partial charge is 0.475 e. The van der Waals surface area contributed by atoms with Crippen molar-refractivity contribution in [3.8, 4) is 5.88 Å². The predicted octanol–water partition coefficient (Wildman–Crippen LogP) is 0.203. The fraction of sp³-hybridized carbons (Fsp3) is 0.545. The molecule has 0 atom stereocenters. The smallest absolute Gasteiger partial charge is 0.243 e. The highest BCUT2D eigenvalue weighted by atomic mass is 79.9. The van der Waals surface area contributed by atoms with Gasteiger partial charge in [-0.2, -0.15) is 0 Å². The van der Waals surface area contributed by atoms with Crippen molar-refractivity contribution in [2.45, 2.75) is 4.90 Å². The maximum atomic E-state index is 11.5. The van der Waals surface area contributed by atoms with Gasteiger partial charge < -0.3 is 9.47 Å². The van der Waals surface area contributed by atoms with Crippen molar-refractivity contribution in [3.05, 3.63) is 16.7 Å². The number of ether oxygens (including phenoxy) is 2. The molecule has 1 aliphatic heterocycles. The van der Waals surface area contributed by atoms with Gasteiger partial charge in [0.05, 0.1) is 13.2 Å². The minimum atomic E-state index is -3.86. The molecule has 0 saturated carbocycles. The average Bonchev–Trinajstić information content (AvgIpc) is 2.40. The molecule has 7 nitrogen and oxygen atoms in total. The van der Waals surface area contributed by atoms with Crippen molar-refractivity contribution in [1.82, 2.24) is 9.88 Å². The second-order valence-corrected chi connectivity index (χ2v) is 6.75. The zero-order valence-electron chi connectivity index (χ0n) is 10.8. The van der Waals surface area contributed by atoms with Gasteiger partial charge in [0.25, 0.3) is 0 Å². The van der Waals surface area contributed by atoms with Gasteiger partial charge in [0.1, 0.15) is 11.5 Å². The highest BCUT2D eigenvalue weighted by molar-refractivity contribution is 9.10. The van der Waals surface area contributed by atoms with Crippen LogP contribution in [0.15, 0.2) is 21.6 Å². The molecule has 9 heteroatoms. The third kappa shape index (κ3) is 4.38. The molecular formula is C11H16BrN3O4S. The molecule has 20 heavy (non-hydrogen) atoms. The van der Waals surface area contributed by atoms with E-state index in [0.717, 1.165) is 13.1 Å². The van der Waals surface area contributed by atoms with E-state index in [0.29, 0.717) is 30.8 Å². The molecule has 2 N–H and O–H groups in total. The van der Waals surface area contributed by atoms with E-state index >= 15 is 0 Å². The Hall–Kier alpha value is -0.740. The van der Waals surface area contributed by atoms with Gasteiger partial charge in [-0.1, -0.05) is 0 Å². The van der Waals surface area contributed by atoms with E-state index in [9.17, 15) is 8.42 Å². The maximum absolute atomic E-state index is 11.5. The number of pyridine rings is 1. The summed E-state index contributed by atoms with van der Waals surface area (Å²) in [4.78, 5) is 6.02. The average molecular weight is 366 g/mol. The van der Waals surface area contributed by atoms with Gasteiger partial charge in [0, 0.05) is 30.3 Å². The standard InChI is InChI=1S/C11H16BrN3O4S/c12-9-7-10(20(13,16)17)11(14-8-9)19-6-3-15-1-4-18-5-2-15/h7-8H,1-6H2,(H2,13,16,17). The summed E-state index contributed by atoms with van der Waals surface area (Å²) in [7, 11) is -3.86. The molecule has 1 aromatic rings. The van der Waals surface area contributed by atoms with Crippen molar-refractivity contribution in [1.29, 1.82) is 0 Å². The van der Waals surface area contributed by atoms with Gasteiger partial charge in [0.2, 0.25) is 15.9 Å². The Balaban J connectivity index is 1.98. The van der Waals surface area contributed by atoms with Gasteiger partial charge in [-0.05, 0) is 22.0 Å². The Bertz CT molecular complexity index is 561. The number of halogens is 1. The lowest BCUT2D eigenvalue weighted by atomic mass is 10.4. The maximum Gasteiger partial charge on any atom is 0.243 e. The first kappa shape index (κ1) is 15.6. The number of morpholine rings is 1. The fourth-order valence-corrected chi connectivity index (χ4v) is 2.95. The number of aromatic nitrogens is 1. The van der Waals surface area contributed by atoms with E-state index in [4.69, 9.17) is 14.6 Å². The fourth-order valence-electron chi connectivity index (χ4n) is 1.82. The van der Waals surface area contributed by atoms with Crippen molar-refractivity contribution < 1.29 is 17.9 Å². The lowest BCUT2D eigenvalue weighted by Gasteiger charge is -2.26. The molecule has 2 rings (SSSR count). The summed E-state index contributed by atoms with van der Waals surface area (Å²) >= 11 is 3.16. The zero-order chi connectivity index (χ0) is 14.6. The lowest BCUT2D eigenvalue weighted by molar-refractivity contribution is 0.0318. The van der Waals surface area contributed by atoms with Gasteiger partial charge in [-0.3, -0.25) is 4.90 Å². The predicted molar refractivity (Wildman–Crippen MR) is 76.1 cm³/mol. The van der Waals surface area contributed by atoms with Crippen LogP contribution in [0.4, 0.5) is 0 Å². The van der Waals surface area contributed by atoms with Gasteiger partial charge in [-0.15, -0.1) is 0 Å². The van der Waals surface area contributed by atoms with Crippen LogP contribution in [0.3, 0.4) is 0 Å². The molecule has 0 bridgehead atoms. The van der Waals surface area contributed by atoms with Crippen LogP contribution in [-0.4, -0.2) is 57.8 Å². The number of sulfonamides is 1. The normalized spacial score (nSPS) is 17.1. The molecule has 0 radical (unpaired) electrons. The molecule has 0 aromatic carbocycles. The molecule has 112 valence electrons. The van der Waals surface area contributed by atoms with Crippen LogP contribution in [-0.2, 0) is 14.8 Å². The van der Waals surface area contributed by atoms with Crippen LogP contribution in [0.25, 0.3) is 0 Å². The van der Waals surface area contributed by atoms with Crippen molar-refractivity contribution >= 4 is 26.0 Å². The van der Waals surface area contributed by atoms with Crippen LogP contribution < -0.4 is 9.88 Å². The highest BCUT2D eigenvalue weighted by Crippen LogP contribution is 2.23. The Morgan fingerprint density at radius 1 is 1.45 bits per heavy atom. The van der Waals surface area contributed by atoms with E-state index in [-0.39, 0.29) is 10.8 Å². The molecule has 1 saturated heterocycles. The Morgan fingerprint density at radius 3 is 2.80 bits per heavy atom. The number of nitrogens with two attached hydrogens (primary N) is 1. The molecule has 0 unspecified atom stereocenters. The van der Waals surface area contributed by atoms with Crippen LogP contribution in [0.1, 0.15) is 0 Å². The third-order valence-corrected chi connectivity index (χ3v) is 4.18. The van der Waals surface area contributed by atoms with Crippen LogP contribution >= 0.6 is 15.9 Å². The number of hydrogen-bond acceptors (Lipinski definition) is 6. The summed E-state index contributed by atoms with van der Waals surface area (Å²) < 4.78 is 34.2. The molecule has 0 amide bonds. The molecule has 0 aliphatic carbocycles. The van der Waals surface area contributed by atoms with Crippen molar-refractivity contribution in [2.75, 3.05) is 39.5 Å². The summed E-state index contributed by atoms with van der Waals surface area (Å²) in [5, 5.41) is 5.15. The topological polar surface area (TPSA) is 94.8 Å². The Labute approximate surface area is 126 Å².